The van der Waals surface area contributed by atoms with Gasteiger partial charge in [-0.15, -0.1) is 10.2 Å². The van der Waals surface area contributed by atoms with Gasteiger partial charge in [-0.25, -0.2) is 0 Å². The highest BCUT2D eigenvalue weighted by molar-refractivity contribution is 7.78. The molecule has 0 unspecified atom stereocenters. The van der Waals surface area contributed by atoms with Crippen LogP contribution in [-0.4, -0.2) is 35.4 Å². The fraction of sp³-hybridized carbons (Fsp3) is 0.115. The second-order valence-corrected chi connectivity index (χ2v) is 8.81. The molecule has 5 aromatic rings. The summed E-state index contributed by atoms with van der Waals surface area (Å²) in [6.07, 6.45) is 1.77. The average molecular weight is 483 g/mol. The normalized spacial score (nSPS) is 11.0. The first-order valence-electron chi connectivity index (χ1n) is 11.0. The van der Waals surface area contributed by atoms with Gasteiger partial charge in [0.1, 0.15) is 0 Å². The zero-order valence-corrected chi connectivity index (χ0v) is 19.8. The van der Waals surface area contributed by atoms with E-state index in [0.717, 1.165) is 27.6 Å². The van der Waals surface area contributed by atoms with E-state index in [1.165, 1.54) is 4.31 Å². The Hall–Kier alpha value is -4.24. The summed E-state index contributed by atoms with van der Waals surface area (Å²) in [5.74, 6) is 0.250. The van der Waals surface area contributed by atoms with Crippen molar-refractivity contribution in [1.82, 2.24) is 29.5 Å². The lowest BCUT2D eigenvalue weighted by molar-refractivity contribution is 0.0868. The van der Waals surface area contributed by atoms with E-state index < -0.39 is 0 Å². The lowest BCUT2D eigenvalue weighted by atomic mass is 10.1. The third-order valence-corrected chi connectivity index (χ3v) is 6.15. The second kappa shape index (κ2) is 9.55. The molecule has 1 amide bonds. The summed E-state index contributed by atoms with van der Waals surface area (Å²) < 4.78 is 2.99. The molecule has 5 rings (SSSR count). The highest BCUT2D eigenvalue weighted by Crippen LogP contribution is 2.18. The number of carbonyl (C=O) groups is 1. The van der Waals surface area contributed by atoms with Crippen molar-refractivity contribution in [3.63, 3.8) is 0 Å². The highest BCUT2D eigenvalue weighted by atomic mass is 32.1. The number of carbonyl (C=O) groups excluding carboxylic acids is 1. The number of H-pyrrole nitrogens is 1. The Morgan fingerprint density at radius 3 is 2.46 bits per heavy atom. The van der Waals surface area contributed by atoms with E-state index in [1.54, 1.807) is 29.0 Å². The molecule has 0 aliphatic carbocycles. The summed E-state index contributed by atoms with van der Waals surface area (Å²) in [5, 5.41) is 15.2. The zero-order valence-electron chi connectivity index (χ0n) is 18.9. The Morgan fingerprint density at radius 1 is 1.00 bits per heavy atom. The third kappa shape index (κ3) is 4.85. The molecule has 0 spiro atoms. The first kappa shape index (κ1) is 22.5. The molecule has 174 valence electrons. The number of aryl methyl sites for hydroxylation is 1. The molecule has 0 saturated heterocycles. The molecule has 0 radical (unpaired) electrons. The summed E-state index contributed by atoms with van der Waals surface area (Å²) in [6.45, 7) is 2.77. The van der Waals surface area contributed by atoms with E-state index in [1.807, 2.05) is 61.5 Å². The largest absolute Gasteiger partial charge is 0.311 e. The zero-order chi connectivity index (χ0) is 24.4. The van der Waals surface area contributed by atoms with Crippen molar-refractivity contribution in [2.75, 3.05) is 0 Å². The SMILES string of the molecule is Cc1ccc(CN(S)C(=O)c2ccc3ccn(Cc4ccc(-c5nn[nH]n5)cc4)c(=O)c3c2)cc1. The molecule has 0 aliphatic rings. The number of thiol groups is 1. The van der Waals surface area contributed by atoms with Crippen molar-refractivity contribution < 1.29 is 4.79 Å². The van der Waals surface area contributed by atoms with E-state index in [4.69, 9.17) is 0 Å². The summed E-state index contributed by atoms with van der Waals surface area (Å²) in [6, 6.07) is 22.6. The number of nitrogens with one attached hydrogen (secondary N) is 1. The van der Waals surface area contributed by atoms with E-state index in [-0.39, 0.29) is 11.5 Å². The van der Waals surface area contributed by atoms with Crippen molar-refractivity contribution in [2.45, 2.75) is 20.0 Å². The van der Waals surface area contributed by atoms with Crippen LogP contribution < -0.4 is 5.56 Å². The number of tetrazole rings is 1. The molecule has 0 bridgehead atoms. The number of hydrogen-bond donors (Lipinski definition) is 2. The Balaban J connectivity index is 1.37. The van der Waals surface area contributed by atoms with Crippen LogP contribution in [0.5, 0.6) is 0 Å². The van der Waals surface area contributed by atoms with Crippen molar-refractivity contribution in [3.05, 3.63) is 112 Å². The molecule has 0 aliphatic heterocycles. The van der Waals surface area contributed by atoms with Gasteiger partial charge in [-0.1, -0.05) is 73.0 Å². The number of benzene rings is 3. The van der Waals surface area contributed by atoms with Gasteiger partial charge in [0.05, 0.1) is 13.1 Å². The number of fused-ring (bicyclic) bond motifs is 1. The fourth-order valence-electron chi connectivity index (χ4n) is 3.86. The van der Waals surface area contributed by atoms with Crippen molar-refractivity contribution in [3.8, 4) is 11.4 Å². The minimum absolute atomic E-state index is 0.163. The fourth-order valence-corrected chi connectivity index (χ4v) is 4.14. The lowest BCUT2D eigenvalue weighted by Gasteiger charge is -2.16. The summed E-state index contributed by atoms with van der Waals surface area (Å²) in [4.78, 5) is 26.2. The molecular weight excluding hydrogens is 460 g/mol. The summed E-state index contributed by atoms with van der Waals surface area (Å²) in [7, 11) is 0. The Morgan fingerprint density at radius 2 is 1.74 bits per heavy atom. The van der Waals surface area contributed by atoms with Crippen LogP contribution in [0, 0.1) is 6.92 Å². The maximum absolute atomic E-state index is 13.2. The lowest BCUT2D eigenvalue weighted by Crippen LogP contribution is -2.23. The molecule has 0 atom stereocenters. The average Bonchev–Trinajstić information content (AvgIpc) is 3.42. The van der Waals surface area contributed by atoms with E-state index in [9.17, 15) is 9.59 Å². The molecule has 35 heavy (non-hydrogen) atoms. The van der Waals surface area contributed by atoms with E-state index in [2.05, 4.69) is 33.4 Å². The van der Waals surface area contributed by atoms with Gasteiger partial charge in [0.25, 0.3) is 11.5 Å². The Kier molecular flexibility index (Phi) is 6.15. The smallest absolute Gasteiger partial charge is 0.263 e. The van der Waals surface area contributed by atoms with Crippen molar-refractivity contribution in [1.29, 1.82) is 0 Å². The number of aromatic amines is 1. The quantitative estimate of drug-likeness (QED) is 0.356. The van der Waals surface area contributed by atoms with Gasteiger partial charge in [-0.05, 0) is 46.8 Å². The number of amides is 1. The standard InChI is InChI=1S/C26H22N6O2S/c1-17-2-4-19(5-3-17)16-32(35)25(33)22-11-10-20-12-13-31(26(34)23(20)14-22)15-18-6-8-21(9-7-18)24-27-29-30-28-24/h2-14,35H,15-16H2,1H3,(H,27,28,29,30). The van der Waals surface area contributed by atoms with Crippen LogP contribution >= 0.6 is 12.8 Å². The predicted octanol–water partition coefficient (Wildman–Crippen LogP) is 4.03. The van der Waals surface area contributed by atoms with Gasteiger partial charge in [0.2, 0.25) is 5.82 Å². The first-order valence-corrected chi connectivity index (χ1v) is 11.4. The van der Waals surface area contributed by atoms with Crippen LogP contribution in [0.1, 0.15) is 27.0 Å². The molecule has 3 aromatic carbocycles. The van der Waals surface area contributed by atoms with E-state index in [0.29, 0.717) is 29.9 Å². The molecular formula is C26H22N6O2S. The minimum Gasteiger partial charge on any atom is -0.311 e. The molecule has 1 N–H and O–H groups in total. The Labute approximate surface area is 206 Å². The molecule has 0 saturated carbocycles. The molecule has 8 nitrogen and oxygen atoms in total. The summed E-state index contributed by atoms with van der Waals surface area (Å²) >= 11 is 4.40. The number of hydrogen-bond acceptors (Lipinski definition) is 6. The summed E-state index contributed by atoms with van der Waals surface area (Å²) in [5.41, 5.74) is 4.17. The molecule has 2 aromatic heterocycles. The molecule has 9 heteroatoms. The highest BCUT2D eigenvalue weighted by Gasteiger charge is 2.15. The number of pyridine rings is 1. The van der Waals surface area contributed by atoms with Gasteiger partial charge in [0.15, 0.2) is 0 Å². The second-order valence-electron chi connectivity index (χ2n) is 8.33. The monoisotopic (exact) mass is 482 g/mol. The topological polar surface area (TPSA) is 96.8 Å². The van der Waals surface area contributed by atoms with Gasteiger partial charge < -0.3 is 4.57 Å². The number of nitrogens with zero attached hydrogens (tertiary/aromatic N) is 5. The maximum atomic E-state index is 13.2. The van der Waals surface area contributed by atoms with Gasteiger partial charge in [-0.2, -0.15) is 5.21 Å². The Bertz CT molecular complexity index is 1540. The first-order chi connectivity index (χ1) is 17.0. The number of rotatable bonds is 6. The van der Waals surface area contributed by atoms with Crippen LogP contribution in [0.25, 0.3) is 22.2 Å². The number of aromatic nitrogens is 5. The molecule has 2 heterocycles. The third-order valence-electron chi connectivity index (χ3n) is 5.82. The van der Waals surface area contributed by atoms with Crippen LogP contribution in [0.15, 0.2) is 83.8 Å². The maximum Gasteiger partial charge on any atom is 0.263 e. The van der Waals surface area contributed by atoms with Crippen LogP contribution in [0.2, 0.25) is 0 Å². The van der Waals surface area contributed by atoms with Crippen LogP contribution in [0.4, 0.5) is 0 Å². The minimum atomic E-state index is -0.261. The van der Waals surface area contributed by atoms with Gasteiger partial charge >= 0.3 is 0 Å². The predicted molar refractivity (Wildman–Crippen MR) is 137 cm³/mol. The van der Waals surface area contributed by atoms with E-state index >= 15 is 0 Å². The van der Waals surface area contributed by atoms with Crippen molar-refractivity contribution in [2.24, 2.45) is 0 Å². The van der Waals surface area contributed by atoms with Crippen LogP contribution in [0.3, 0.4) is 0 Å². The van der Waals surface area contributed by atoms with Gasteiger partial charge in [-0.3, -0.25) is 13.9 Å². The van der Waals surface area contributed by atoms with Crippen LogP contribution in [-0.2, 0) is 13.1 Å². The van der Waals surface area contributed by atoms with Crippen molar-refractivity contribution >= 4 is 29.5 Å². The molecule has 0 fully saturated rings. The van der Waals surface area contributed by atoms with Gasteiger partial charge in [0, 0.05) is 22.7 Å².